The minimum absolute atomic E-state index is 0.0340. The van der Waals surface area contributed by atoms with Crippen LogP contribution in [0.15, 0.2) is 61.9 Å². The molecule has 0 bridgehead atoms. The summed E-state index contributed by atoms with van der Waals surface area (Å²) in [4.78, 5) is 33.3. The molecule has 0 unspecified atom stereocenters. The fourth-order valence-corrected chi connectivity index (χ4v) is 3.78. The second-order valence-corrected chi connectivity index (χ2v) is 7.48. The van der Waals surface area contributed by atoms with Gasteiger partial charge in [0.1, 0.15) is 12.4 Å². The van der Waals surface area contributed by atoms with Crippen LogP contribution < -0.4 is 10.1 Å². The normalized spacial score (nSPS) is 10.5. The monoisotopic (exact) mass is 539 g/mol. The molecule has 0 saturated heterocycles. The van der Waals surface area contributed by atoms with Crippen LogP contribution in [0.2, 0.25) is 0 Å². The maximum absolute atomic E-state index is 12.5. The number of para-hydroxylation sites is 2. The van der Waals surface area contributed by atoms with Crippen LogP contribution in [0.25, 0.3) is 0 Å². The van der Waals surface area contributed by atoms with Crippen LogP contribution in [0.1, 0.15) is 16.3 Å². The van der Waals surface area contributed by atoms with Crippen molar-refractivity contribution in [3.63, 3.8) is 0 Å². The minimum atomic E-state index is -0.595. The number of rotatable bonds is 7. The Labute approximate surface area is 185 Å². The number of hydrogen-bond donors (Lipinski definition) is 1. The van der Waals surface area contributed by atoms with Gasteiger partial charge in [0, 0.05) is 27.1 Å². The fraction of sp³-hybridized carbons (Fsp3) is 0.0556. The zero-order valence-corrected chi connectivity index (χ0v) is 18.0. The van der Waals surface area contributed by atoms with Gasteiger partial charge in [0.05, 0.1) is 15.5 Å². The topological polar surface area (TPSA) is 138 Å². The number of anilines is 1. The van der Waals surface area contributed by atoms with Crippen LogP contribution in [0.4, 0.5) is 17.1 Å². The van der Waals surface area contributed by atoms with Crippen molar-refractivity contribution in [2.24, 2.45) is 0 Å². The molecule has 1 N–H and O–H groups in total. The number of benzene rings is 2. The van der Waals surface area contributed by atoms with E-state index in [1.807, 2.05) is 0 Å². The SMILES string of the molecule is O=C(Nc1c(Br)cc([N+](=O)[O-])cc1Br)c1ccc(COc2ccccc2[N+](=O)[O-])o1. The van der Waals surface area contributed by atoms with Crippen LogP contribution >= 0.6 is 31.9 Å². The van der Waals surface area contributed by atoms with Gasteiger partial charge in [-0.1, -0.05) is 12.1 Å². The predicted octanol–water partition coefficient (Wildman–Crippen LogP) is 5.45. The van der Waals surface area contributed by atoms with Gasteiger partial charge in [-0.05, 0) is 50.1 Å². The van der Waals surface area contributed by atoms with E-state index >= 15 is 0 Å². The molecule has 1 aromatic heterocycles. The average molecular weight is 541 g/mol. The second kappa shape index (κ2) is 9.05. The predicted molar refractivity (Wildman–Crippen MR) is 113 cm³/mol. The summed E-state index contributed by atoms with van der Waals surface area (Å²) in [7, 11) is 0. The number of nitro benzene ring substituents is 2. The van der Waals surface area contributed by atoms with Gasteiger partial charge in [-0.15, -0.1) is 0 Å². The number of non-ortho nitro benzene ring substituents is 1. The van der Waals surface area contributed by atoms with E-state index < -0.39 is 15.8 Å². The Morgan fingerprint density at radius 2 is 1.70 bits per heavy atom. The summed E-state index contributed by atoms with van der Waals surface area (Å²) in [5.41, 5.74) is -0.0474. The van der Waals surface area contributed by atoms with Crippen LogP contribution in [-0.4, -0.2) is 15.8 Å². The molecule has 2 aromatic carbocycles. The first-order chi connectivity index (χ1) is 14.3. The number of carbonyl (C=O) groups is 1. The van der Waals surface area contributed by atoms with Gasteiger partial charge in [0.2, 0.25) is 0 Å². The summed E-state index contributed by atoms with van der Waals surface area (Å²) >= 11 is 6.37. The van der Waals surface area contributed by atoms with E-state index in [1.54, 1.807) is 6.07 Å². The van der Waals surface area contributed by atoms with Gasteiger partial charge in [-0.3, -0.25) is 25.0 Å². The molecule has 0 fully saturated rings. The van der Waals surface area contributed by atoms with Crippen LogP contribution in [-0.2, 0) is 6.61 Å². The lowest BCUT2D eigenvalue weighted by Crippen LogP contribution is -2.12. The Hall–Kier alpha value is -3.25. The maximum atomic E-state index is 12.5. The Balaban J connectivity index is 1.70. The van der Waals surface area contributed by atoms with E-state index in [4.69, 9.17) is 9.15 Å². The molecule has 0 spiro atoms. The number of halogens is 2. The lowest BCUT2D eigenvalue weighted by atomic mass is 10.2. The quantitative estimate of drug-likeness (QED) is 0.310. The molecule has 1 heterocycles. The molecule has 0 saturated carbocycles. The zero-order chi connectivity index (χ0) is 21.8. The van der Waals surface area contributed by atoms with E-state index in [-0.39, 0.29) is 35.3 Å². The number of nitrogens with zero attached hydrogens (tertiary/aromatic N) is 2. The second-order valence-electron chi connectivity index (χ2n) is 5.78. The number of furan rings is 1. The van der Waals surface area contributed by atoms with E-state index in [0.717, 1.165) is 0 Å². The van der Waals surface area contributed by atoms with E-state index in [9.17, 15) is 25.0 Å². The van der Waals surface area contributed by atoms with Crippen LogP contribution in [0.5, 0.6) is 5.75 Å². The first-order valence-electron chi connectivity index (χ1n) is 8.16. The van der Waals surface area contributed by atoms with Crippen molar-refractivity contribution in [2.45, 2.75) is 6.61 Å². The number of nitro groups is 2. The average Bonchev–Trinajstić information content (AvgIpc) is 3.18. The Bertz CT molecular complexity index is 1120. The number of amides is 1. The molecule has 0 atom stereocenters. The molecule has 30 heavy (non-hydrogen) atoms. The molecule has 0 aliphatic heterocycles. The zero-order valence-electron chi connectivity index (χ0n) is 14.8. The van der Waals surface area contributed by atoms with E-state index in [0.29, 0.717) is 14.6 Å². The van der Waals surface area contributed by atoms with Crippen molar-refractivity contribution >= 4 is 54.8 Å². The number of nitrogens with one attached hydrogen (secondary N) is 1. The highest BCUT2D eigenvalue weighted by Crippen LogP contribution is 2.35. The third kappa shape index (κ3) is 4.83. The van der Waals surface area contributed by atoms with Gasteiger partial charge in [-0.2, -0.15) is 0 Å². The number of hydrogen-bond acceptors (Lipinski definition) is 7. The van der Waals surface area contributed by atoms with Gasteiger partial charge in [0.25, 0.3) is 11.6 Å². The van der Waals surface area contributed by atoms with Crippen LogP contribution in [0.3, 0.4) is 0 Å². The maximum Gasteiger partial charge on any atom is 0.310 e. The van der Waals surface area contributed by atoms with Gasteiger partial charge in [0.15, 0.2) is 11.5 Å². The minimum Gasteiger partial charge on any atom is -0.479 e. The van der Waals surface area contributed by atoms with Crippen molar-refractivity contribution in [2.75, 3.05) is 5.32 Å². The lowest BCUT2D eigenvalue weighted by Gasteiger charge is -2.08. The summed E-state index contributed by atoms with van der Waals surface area (Å²) in [6.45, 7) is -0.122. The summed E-state index contributed by atoms with van der Waals surface area (Å²) in [6.07, 6.45) is 0. The molecular weight excluding hydrogens is 530 g/mol. The molecule has 0 aliphatic rings. The van der Waals surface area contributed by atoms with Crippen molar-refractivity contribution in [1.29, 1.82) is 0 Å². The summed E-state index contributed by atoms with van der Waals surface area (Å²) in [5, 5.41) is 24.5. The molecule has 154 valence electrons. The highest BCUT2D eigenvalue weighted by Gasteiger charge is 2.19. The Morgan fingerprint density at radius 3 is 2.33 bits per heavy atom. The third-order valence-electron chi connectivity index (χ3n) is 3.79. The van der Waals surface area contributed by atoms with E-state index in [2.05, 4.69) is 37.2 Å². The molecule has 1 amide bonds. The van der Waals surface area contributed by atoms with Crippen molar-refractivity contribution in [3.8, 4) is 5.75 Å². The molecule has 12 heteroatoms. The highest BCUT2D eigenvalue weighted by molar-refractivity contribution is 9.11. The van der Waals surface area contributed by atoms with Crippen molar-refractivity contribution in [1.82, 2.24) is 0 Å². The molecule has 3 rings (SSSR count). The smallest absolute Gasteiger partial charge is 0.310 e. The van der Waals surface area contributed by atoms with Crippen molar-refractivity contribution in [3.05, 3.63) is 89.2 Å². The molecule has 0 radical (unpaired) electrons. The molecular formula is C18H11Br2N3O7. The van der Waals surface area contributed by atoms with E-state index in [1.165, 1.54) is 42.5 Å². The van der Waals surface area contributed by atoms with Crippen molar-refractivity contribution < 1.29 is 23.8 Å². The number of carbonyl (C=O) groups excluding carboxylic acids is 1. The van der Waals surface area contributed by atoms with Gasteiger partial charge in [-0.25, -0.2) is 0 Å². The number of ether oxygens (including phenoxy) is 1. The Morgan fingerprint density at radius 1 is 1.03 bits per heavy atom. The highest BCUT2D eigenvalue weighted by atomic mass is 79.9. The lowest BCUT2D eigenvalue weighted by molar-refractivity contribution is -0.386. The van der Waals surface area contributed by atoms with Gasteiger partial charge < -0.3 is 14.5 Å². The van der Waals surface area contributed by atoms with Crippen LogP contribution in [0, 0.1) is 20.2 Å². The Kier molecular flexibility index (Phi) is 6.47. The standard InChI is InChI=1S/C18H11Br2N3O7/c19-12-7-10(22(25)26)8-13(20)17(12)21-18(24)16-6-5-11(30-16)9-29-15-4-2-1-3-14(15)23(27)28/h1-8H,9H2,(H,21,24). The summed E-state index contributed by atoms with van der Waals surface area (Å²) < 4.78 is 11.5. The fourth-order valence-electron chi connectivity index (χ4n) is 2.42. The first-order valence-corrected chi connectivity index (χ1v) is 9.74. The van der Waals surface area contributed by atoms with Gasteiger partial charge >= 0.3 is 5.69 Å². The molecule has 3 aromatic rings. The molecule has 0 aliphatic carbocycles. The first kappa shape index (κ1) is 21.5. The summed E-state index contributed by atoms with van der Waals surface area (Å²) in [5.74, 6) is -0.278. The summed E-state index contributed by atoms with van der Waals surface area (Å²) in [6, 6.07) is 11.3. The largest absolute Gasteiger partial charge is 0.479 e. The molecule has 10 nitrogen and oxygen atoms in total. The third-order valence-corrected chi connectivity index (χ3v) is 5.04.